The molecule has 4 heteroatoms. The maximum atomic E-state index is 5.67. The molecule has 6 aromatic rings. The van der Waals surface area contributed by atoms with Gasteiger partial charge in [0.15, 0.2) is 0 Å². The van der Waals surface area contributed by atoms with Crippen LogP contribution in [0.25, 0.3) is 5.57 Å². The standard InChI is InChI=1S/C26H26N2Si.C14H11B/c1-2-3-11-22-12-10-17-25(20-22)29-26(28-19-18-27-21-28,23-13-6-4-7-14-23)24-15-8-5-9-16-24;15-11-14(12-7-3-1-4-8-12)13-9-5-2-6-10-13/h4-10,12-21H,2-3,11H2,1H3;1-11H. The molecule has 214 valence electrons. The van der Waals surface area contributed by atoms with Crippen LogP contribution in [0.1, 0.15) is 47.6 Å². The fourth-order valence-corrected chi connectivity index (χ4v) is 7.22. The van der Waals surface area contributed by atoms with Gasteiger partial charge in [0.25, 0.3) is 0 Å². The molecule has 1 heterocycles. The van der Waals surface area contributed by atoms with Gasteiger partial charge >= 0.3 is 0 Å². The molecule has 0 aliphatic rings. The molecular formula is C40H37BN2Si. The fourth-order valence-electron chi connectivity index (χ4n) is 5.48. The first-order valence-electron chi connectivity index (χ1n) is 15.2. The molecule has 0 saturated carbocycles. The van der Waals surface area contributed by atoms with Gasteiger partial charge in [-0.15, -0.1) is 5.98 Å². The van der Waals surface area contributed by atoms with E-state index in [2.05, 4.69) is 132 Å². The molecule has 1 aromatic heterocycles. The molecule has 0 aliphatic heterocycles. The zero-order valence-electron chi connectivity index (χ0n) is 25.3. The van der Waals surface area contributed by atoms with Crippen LogP contribution in [-0.4, -0.2) is 26.9 Å². The smallest absolute Gasteiger partial charge is 0.127 e. The van der Waals surface area contributed by atoms with Gasteiger partial charge in [-0.25, -0.2) is 4.98 Å². The lowest BCUT2D eigenvalue weighted by Crippen LogP contribution is -2.46. The highest BCUT2D eigenvalue weighted by molar-refractivity contribution is 6.57. The topological polar surface area (TPSA) is 17.8 Å². The number of aryl methyl sites for hydroxylation is 1. The van der Waals surface area contributed by atoms with Crippen LogP contribution in [0, 0.1) is 0 Å². The molecular weight excluding hydrogens is 547 g/mol. The first-order valence-corrected chi connectivity index (χ1v) is 16.2. The second-order valence-corrected chi connectivity index (χ2v) is 12.2. The number of benzene rings is 5. The van der Waals surface area contributed by atoms with Crippen molar-refractivity contribution in [3.05, 3.63) is 198 Å². The van der Waals surface area contributed by atoms with Gasteiger partial charge < -0.3 is 4.57 Å². The third-order valence-corrected chi connectivity index (χ3v) is 9.48. The molecule has 0 saturated heterocycles. The Morgan fingerprint density at radius 3 is 1.75 bits per heavy atom. The summed E-state index contributed by atoms with van der Waals surface area (Å²) in [4.78, 5) is 4.41. The van der Waals surface area contributed by atoms with E-state index in [9.17, 15) is 0 Å². The van der Waals surface area contributed by atoms with Crippen LogP contribution in [0.3, 0.4) is 0 Å². The molecule has 0 amide bonds. The summed E-state index contributed by atoms with van der Waals surface area (Å²) in [5.74, 6) is 1.66. The van der Waals surface area contributed by atoms with Gasteiger partial charge in [0, 0.05) is 12.4 Å². The zero-order valence-corrected chi connectivity index (χ0v) is 26.3. The summed E-state index contributed by atoms with van der Waals surface area (Å²) in [5, 5.41) is 1.06. The molecule has 0 N–H and O–H groups in total. The predicted molar refractivity (Wildman–Crippen MR) is 187 cm³/mol. The van der Waals surface area contributed by atoms with Gasteiger partial charge in [0.2, 0.25) is 0 Å². The van der Waals surface area contributed by atoms with Crippen molar-refractivity contribution >= 4 is 28.1 Å². The average molecular weight is 585 g/mol. The minimum atomic E-state index is -0.317. The Bertz CT molecular complexity index is 1620. The van der Waals surface area contributed by atoms with E-state index in [4.69, 9.17) is 7.85 Å². The summed E-state index contributed by atoms with van der Waals surface area (Å²) in [7, 11) is 6.21. The van der Waals surface area contributed by atoms with E-state index in [0.717, 1.165) is 23.1 Å². The Morgan fingerprint density at radius 2 is 1.27 bits per heavy atom. The molecule has 6 rings (SSSR count). The van der Waals surface area contributed by atoms with E-state index in [0.29, 0.717) is 9.52 Å². The Balaban J connectivity index is 0.000000215. The van der Waals surface area contributed by atoms with Crippen molar-refractivity contribution in [1.29, 1.82) is 0 Å². The number of hydrogen-bond acceptors (Lipinski definition) is 1. The first-order chi connectivity index (χ1) is 21.7. The minimum absolute atomic E-state index is 0.317. The molecule has 0 atom stereocenters. The average Bonchev–Trinajstić information content (AvgIpc) is 3.65. The van der Waals surface area contributed by atoms with Gasteiger partial charge in [0.1, 0.15) is 17.4 Å². The maximum absolute atomic E-state index is 5.67. The third-order valence-electron chi connectivity index (χ3n) is 7.68. The molecule has 2 nitrogen and oxygen atoms in total. The molecule has 5 aromatic carbocycles. The summed E-state index contributed by atoms with van der Waals surface area (Å²) in [5.41, 5.74) is 7.34. The lowest BCUT2D eigenvalue weighted by molar-refractivity contribution is 0.596. The summed E-state index contributed by atoms with van der Waals surface area (Å²) in [6, 6.07) is 51.1. The molecule has 0 fully saturated rings. The number of hydrogen-bond donors (Lipinski definition) is 0. The minimum Gasteiger partial charge on any atom is -0.326 e. The van der Waals surface area contributed by atoms with E-state index in [1.165, 1.54) is 34.7 Å². The van der Waals surface area contributed by atoms with Crippen LogP contribution in [0.4, 0.5) is 0 Å². The normalized spacial score (nSPS) is 10.8. The van der Waals surface area contributed by atoms with Gasteiger partial charge in [-0.2, -0.15) is 0 Å². The first kappa shape index (κ1) is 30.8. The van der Waals surface area contributed by atoms with Crippen LogP contribution in [0.15, 0.2) is 170 Å². The fraction of sp³-hybridized carbons (Fsp3) is 0.125. The Labute approximate surface area is 266 Å². The van der Waals surface area contributed by atoms with E-state index >= 15 is 0 Å². The maximum Gasteiger partial charge on any atom is 0.127 e. The molecule has 0 bridgehead atoms. The largest absolute Gasteiger partial charge is 0.326 e. The van der Waals surface area contributed by atoms with Crippen LogP contribution in [0.2, 0.25) is 0 Å². The van der Waals surface area contributed by atoms with Gasteiger partial charge in [-0.1, -0.05) is 164 Å². The highest BCUT2D eigenvalue weighted by atomic mass is 28.2. The summed E-state index contributed by atoms with van der Waals surface area (Å²) < 4.78 is 2.27. The van der Waals surface area contributed by atoms with Crippen molar-refractivity contribution in [2.75, 3.05) is 0 Å². The summed E-state index contributed by atoms with van der Waals surface area (Å²) in [6.07, 6.45) is 9.52. The van der Waals surface area contributed by atoms with Crippen molar-refractivity contribution in [3.63, 3.8) is 0 Å². The van der Waals surface area contributed by atoms with E-state index < -0.39 is 0 Å². The van der Waals surface area contributed by atoms with Crippen molar-refractivity contribution < 1.29 is 0 Å². The number of unbranched alkanes of at least 4 members (excludes halogenated alkanes) is 1. The number of nitrogens with zero attached hydrogens (tertiary/aromatic N) is 2. The van der Waals surface area contributed by atoms with E-state index in [1.807, 2.05) is 48.9 Å². The second kappa shape index (κ2) is 15.7. The van der Waals surface area contributed by atoms with Crippen LogP contribution >= 0.6 is 0 Å². The zero-order chi connectivity index (χ0) is 30.5. The SMILES string of the molecule is CCCCc1cccc([Si]C(c2ccccc2)(c2ccccc2)n2ccnc2)c1.[B]C=C(c1ccccc1)c1ccccc1. The van der Waals surface area contributed by atoms with Crippen molar-refractivity contribution in [2.24, 2.45) is 0 Å². The van der Waals surface area contributed by atoms with Crippen LogP contribution in [0.5, 0.6) is 0 Å². The highest BCUT2D eigenvalue weighted by Gasteiger charge is 2.37. The Morgan fingerprint density at radius 1 is 0.727 bits per heavy atom. The second-order valence-electron chi connectivity index (χ2n) is 10.7. The quantitative estimate of drug-likeness (QED) is 0.148. The predicted octanol–water partition coefficient (Wildman–Crippen LogP) is 8.25. The summed E-state index contributed by atoms with van der Waals surface area (Å²) >= 11 is 0. The van der Waals surface area contributed by atoms with E-state index in [1.54, 1.807) is 5.98 Å². The van der Waals surface area contributed by atoms with Crippen LogP contribution in [-0.2, 0) is 11.6 Å². The van der Waals surface area contributed by atoms with Crippen LogP contribution < -0.4 is 5.19 Å². The van der Waals surface area contributed by atoms with Crippen molar-refractivity contribution in [1.82, 2.24) is 9.55 Å². The molecule has 0 unspecified atom stereocenters. The third kappa shape index (κ3) is 7.45. The van der Waals surface area contributed by atoms with Crippen molar-refractivity contribution in [3.8, 4) is 0 Å². The molecule has 0 aliphatic carbocycles. The Kier molecular flexibility index (Phi) is 11.0. The van der Waals surface area contributed by atoms with Gasteiger partial charge in [-0.05, 0) is 46.2 Å². The molecule has 44 heavy (non-hydrogen) atoms. The number of imidazole rings is 1. The van der Waals surface area contributed by atoms with E-state index in [-0.39, 0.29) is 5.16 Å². The highest BCUT2D eigenvalue weighted by Crippen LogP contribution is 2.33. The lowest BCUT2D eigenvalue weighted by atomic mass is 9.92. The monoisotopic (exact) mass is 584 g/mol. The Hall–Kier alpha value is -4.67. The number of rotatable bonds is 10. The number of aromatic nitrogens is 2. The summed E-state index contributed by atoms with van der Waals surface area (Å²) in [6.45, 7) is 2.25. The van der Waals surface area contributed by atoms with Crippen molar-refractivity contribution in [2.45, 2.75) is 31.3 Å². The lowest BCUT2D eigenvalue weighted by Gasteiger charge is -2.36. The molecule has 4 radical (unpaired) electrons. The van der Waals surface area contributed by atoms with Gasteiger partial charge in [-0.3, -0.25) is 0 Å². The molecule has 0 spiro atoms. The van der Waals surface area contributed by atoms with Gasteiger partial charge in [0.05, 0.1) is 11.5 Å².